The van der Waals surface area contributed by atoms with Crippen LogP contribution in [0, 0.1) is 12.7 Å². The first kappa shape index (κ1) is 14.5. The lowest BCUT2D eigenvalue weighted by molar-refractivity contribution is 0.615. The van der Waals surface area contributed by atoms with Gasteiger partial charge in [-0.05, 0) is 36.8 Å². The summed E-state index contributed by atoms with van der Waals surface area (Å²) in [7, 11) is 0. The van der Waals surface area contributed by atoms with E-state index in [4.69, 9.17) is 11.6 Å². The topological polar surface area (TPSA) is 17.8 Å². The summed E-state index contributed by atoms with van der Waals surface area (Å²) < 4.78 is 17.2. The van der Waals surface area contributed by atoms with Crippen LogP contribution >= 0.6 is 27.5 Å². The molecule has 0 aliphatic heterocycles. The van der Waals surface area contributed by atoms with Crippen molar-refractivity contribution in [3.63, 3.8) is 0 Å². The normalized spacial score (nSPS) is 11.2. The van der Waals surface area contributed by atoms with Crippen LogP contribution in [0.5, 0.6) is 0 Å². The molecule has 0 radical (unpaired) electrons. The molecule has 1 aromatic heterocycles. The highest BCUT2D eigenvalue weighted by Gasteiger charge is 2.16. The Bertz CT molecular complexity index is 793. The minimum atomic E-state index is -0.256. The van der Waals surface area contributed by atoms with Gasteiger partial charge in [0.2, 0.25) is 0 Å². The Kier molecular flexibility index (Phi) is 4.00. The van der Waals surface area contributed by atoms with Crippen LogP contribution in [0.1, 0.15) is 11.4 Å². The molecule has 3 aromatic rings. The van der Waals surface area contributed by atoms with Crippen LogP contribution < -0.4 is 0 Å². The van der Waals surface area contributed by atoms with E-state index in [2.05, 4.69) is 20.9 Å². The molecule has 108 valence electrons. The minimum Gasteiger partial charge on any atom is -0.293 e. The number of aromatic nitrogens is 2. The number of aryl methyl sites for hydroxylation is 2. The van der Waals surface area contributed by atoms with Gasteiger partial charge in [-0.25, -0.2) is 9.37 Å². The number of hydrogen-bond acceptors (Lipinski definition) is 1. The SMILES string of the molecule is Cc1cccc(F)c1-n1c(CCCl)nc2cc(Br)ccc21. The summed E-state index contributed by atoms with van der Waals surface area (Å²) in [6, 6.07) is 10.9. The average Bonchev–Trinajstić information content (AvgIpc) is 2.77. The van der Waals surface area contributed by atoms with Crippen LogP contribution in [0.25, 0.3) is 16.7 Å². The van der Waals surface area contributed by atoms with Crippen LogP contribution in [0.4, 0.5) is 4.39 Å². The smallest absolute Gasteiger partial charge is 0.147 e. The molecular weight excluding hydrogens is 355 g/mol. The summed E-state index contributed by atoms with van der Waals surface area (Å²) in [4.78, 5) is 4.60. The standard InChI is InChI=1S/C16H13BrClFN2/c1-10-3-2-4-12(19)16(10)21-14-6-5-11(17)9-13(14)20-15(21)7-8-18/h2-6,9H,7-8H2,1H3. The first-order chi connectivity index (χ1) is 10.1. The van der Waals surface area contributed by atoms with Gasteiger partial charge in [-0.1, -0.05) is 28.1 Å². The van der Waals surface area contributed by atoms with Crippen LogP contribution in [0.15, 0.2) is 40.9 Å². The molecule has 0 spiro atoms. The van der Waals surface area contributed by atoms with E-state index in [0.717, 1.165) is 26.9 Å². The number of nitrogens with zero attached hydrogens (tertiary/aromatic N) is 2. The Morgan fingerprint density at radius 3 is 2.81 bits per heavy atom. The van der Waals surface area contributed by atoms with E-state index < -0.39 is 0 Å². The van der Waals surface area contributed by atoms with Crippen LogP contribution in [0.3, 0.4) is 0 Å². The lowest BCUT2D eigenvalue weighted by atomic mass is 10.1. The second-order valence-corrected chi connectivity index (χ2v) is 6.13. The first-order valence-corrected chi connectivity index (χ1v) is 7.93. The summed E-state index contributed by atoms with van der Waals surface area (Å²) in [5.74, 6) is 0.956. The molecule has 0 unspecified atom stereocenters. The second-order valence-electron chi connectivity index (χ2n) is 4.84. The fraction of sp³-hybridized carbons (Fsp3) is 0.188. The lowest BCUT2D eigenvalue weighted by Crippen LogP contribution is -2.06. The highest BCUT2D eigenvalue weighted by Crippen LogP contribution is 2.28. The van der Waals surface area contributed by atoms with Crippen molar-refractivity contribution in [2.45, 2.75) is 13.3 Å². The lowest BCUT2D eigenvalue weighted by Gasteiger charge is -2.12. The summed E-state index contributed by atoms with van der Waals surface area (Å²) in [6.45, 7) is 1.90. The predicted molar refractivity (Wildman–Crippen MR) is 87.9 cm³/mol. The van der Waals surface area contributed by atoms with E-state index in [1.54, 1.807) is 6.07 Å². The maximum absolute atomic E-state index is 14.4. The van der Waals surface area contributed by atoms with E-state index >= 15 is 0 Å². The summed E-state index contributed by atoms with van der Waals surface area (Å²) in [6.07, 6.45) is 0.585. The number of hydrogen-bond donors (Lipinski definition) is 0. The van der Waals surface area contributed by atoms with Gasteiger partial charge in [0.25, 0.3) is 0 Å². The number of halogens is 3. The Labute approximate surface area is 135 Å². The highest BCUT2D eigenvalue weighted by atomic mass is 79.9. The summed E-state index contributed by atoms with van der Waals surface area (Å²) >= 11 is 9.32. The van der Waals surface area contributed by atoms with Crippen molar-refractivity contribution in [1.29, 1.82) is 0 Å². The van der Waals surface area contributed by atoms with E-state index in [-0.39, 0.29) is 5.82 Å². The van der Waals surface area contributed by atoms with Crippen molar-refractivity contribution in [3.8, 4) is 5.69 Å². The third kappa shape index (κ3) is 2.58. The van der Waals surface area contributed by atoms with Gasteiger partial charge < -0.3 is 0 Å². The number of para-hydroxylation sites is 1. The number of fused-ring (bicyclic) bond motifs is 1. The molecule has 0 amide bonds. The molecule has 0 N–H and O–H groups in total. The van der Waals surface area contributed by atoms with Crippen molar-refractivity contribution >= 4 is 38.6 Å². The van der Waals surface area contributed by atoms with Gasteiger partial charge in [0, 0.05) is 16.8 Å². The Hall–Kier alpha value is -1.39. The maximum Gasteiger partial charge on any atom is 0.147 e. The van der Waals surface area contributed by atoms with Gasteiger partial charge in [-0.3, -0.25) is 4.57 Å². The van der Waals surface area contributed by atoms with E-state index in [1.165, 1.54) is 6.07 Å². The first-order valence-electron chi connectivity index (χ1n) is 6.60. The van der Waals surface area contributed by atoms with Crippen molar-refractivity contribution < 1.29 is 4.39 Å². The molecule has 5 heteroatoms. The second kappa shape index (κ2) is 5.78. The summed E-state index contributed by atoms with van der Waals surface area (Å²) in [5.41, 5.74) is 3.12. The fourth-order valence-electron chi connectivity index (χ4n) is 2.51. The zero-order valence-electron chi connectivity index (χ0n) is 11.4. The molecule has 3 rings (SSSR count). The molecular formula is C16H13BrClFN2. The molecule has 0 bridgehead atoms. The molecule has 0 fully saturated rings. The minimum absolute atomic E-state index is 0.256. The third-order valence-corrected chi connectivity index (χ3v) is 4.10. The molecule has 21 heavy (non-hydrogen) atoms. The molecule has 0 atom stereocenters. The molecule has 2 nitrogen and oxygen atoms in total. The Balaban J connectivity index is 2.36. The molecule has 0 saturated heterocycles. The van der Waals surface area contributed by atoms with Crippen molar-refractivity contribution in [2.75, 3.05) is 5.88 Å². The molecule has 1 heterocycles. The van der Waals surface area contributed by atoms with E-state index in [1.807, 2.05) is 35.8 Å². The maximum atomic E-state index is 14.4. The van der Waals surface area contributed by atoms with Crippen LogP contribution in [-0.4, -0.2) is 15.4 Å². The van der Waals surface area contributed by atoms with Gasteiger partial charge in [0.15, 0.2) is 0 Å². The predicted octanol–water partition coefficient (Wildman–Crippen LogP) is 5.02. The van der Waals surface area contributed by atoms with E-state index in [9.17, 15) is 4.39 Å². The van der Waals surface area contributed by atoms with E-state index in [0.29, 0.717) is 18.0 Å². The Morgan fingerprint density at radius 1 is 1.29 bits per heavy atom. The van der Waals surface area contributed by atoms with Crippen molar-refractivity contribution in [1.82, 2.24) is 9.55 Å². The van der Waals surface area contributed by atoms with Crippen LogP contribution in [0.2, 0.25) is 0 Å². The van der Waals surface area contributed by atoms with Crippen molar-refractivity contribution in [2.24, 2.45) is 0 Å². The average molecular weight is 368 g/mol. The van der Waals surface area contributed by atoms with Gasteiger partial charge >= 0.3 is 0 Å². The summed E-state index contributed by atoms with van der Waals surface area (Å²) in [5, 5.41) is 0. The zero-order chi connectivity index (χ0) is 15.0. The quantitative estimate of drug-likeness (QED) is 0.595. The van der Waals surface area contributed by atoms with Crippen molar-refractivity contribution in [3.05, 3.63) is 58.1 Å². The van der Waals surface area contributed by atoms with Gasteiger partial charge in [0.1, 0.15) is 11.6 Å². The molecule has 0 aliphatic rings. The largest absolute Gasteiger partial charge is 0.293 e. The van der Waals surface area contributed by atoms with Gasteiger partial charge in [-0.15, -0.1) is 11.6 Å². The number of benzene rings is 2. The highest BCUT2D eigenvalue weighted by molar-refractivity contribution is 9.10. The monoisotopic (exact) mass is 366 g/mol. The molecule has 0 aliphatic carbocycles. The van der Waals surface area contributed by atoms with Gasteiger partial charge in [0.05, 0.1) is 16.7 Å². The number of rotatable bonds is 3. The number of alkyl halides is 1. The number of imidazole rings is 1. The Morgan fingerprint density at radius 2 is 2.10 bits per heavy atom. The molecule has 2 aromatic carbocycles. The van der Waals surface area contributed by atoms with Gasteiger partial charge in [-0.2, -0.15) is 0 Å². The third-order valence-electron chi connectivity index (χ3n) is 3.42. The molecule has 0 saturated carbocycles. The zero-order valence-corrected chi connectivity index (χ0v) is 13.7. The van der Waals surface area contributed by atoms with Crippen LogP contribution in [-0.2, 0) is 6.42 Å². The fourth-order valence-corrected chi connectivity index (χ4v) is 3.03.